The number of phenolic OH excluding ortho intramolecular Hbond substituents is 1. The van der Waals surface area contributed by atoms with Gasteiger partial charge in [-0.2, -0.15) is 0 Å². The van der Waals surface area contributed by atoms with Gasteiger partial charge in [0.15, 0.2) is 16.9 Å². The first kappa shape index (κ1) is 22.9. The second-order valence-electron chi connectivity index (χ2n) is 8.73. The van der Waals surface area contributed by atoms with Crippen LogP contribution in [0.4, 0.5) is 0 Å². The molecule has 3 aromatic rings. The minimum absolute atomic E-state index is 0.0143. The van der Waals surface area contributed by atoms with Gasteiger partial charge in [0, 0.05) is 13.2 Å². The second kappa shape index (κ2) is 8.90. The lowest BCUT2D eigenvalue weighted by molar-refractivity contribution is 0.0593. The first-order valence-electron chi connectivity index (χ1n) is 11.1. The number of benzene rings is 2. The zero-order chi connectivity index (χ0) is 23.9. The maximum Gasteiger partial charge on any atom is 0.290 e. The first-order valence-corrected chi connectivity index (χ1v) is 11.1. The molecule has 0 aliphatic carbocycles. The molecule has 174 valence electrons. The van der Waals surface area contributed by atoms with Gasteiger partial charge in [-0.25, -0.2) is 0 Å². The Morgan fingerprint density at radius 3 is 2.61 bits per heavy atom. The molecule has 0 saturated heterocycles. The van der Waals surface area contributed by atoms with E-state index in [0.29, 0.717) is 41.7 Å². The topological polar surface area (TPSA) is 89.2 Å². The molecule has 0 radical (unpaired) electrons. The number of ether oxygens (including phenoxy) is 2. The fraction of sp³-hybridized carbons (Fsp3) is 0.385. The van der Waals surface area contributed by atoms with E-state index in [2.05, 4.69) is 0 Å². The van der Waals surface area contributed by atoms with Crippen molar-refractivity contribution in [1.29, 1.82) is 0 Å². The Kier molecular flexibility index (Phi) is 6.17. The smallest absolute Gasteiger partial charge is 0.290 e. The molecule has 0 bridgehead atoms. The standard InChI is InChI=1S/C26H29NO6/c1-14(2)32-10-6-9-27-23(17-7-8-18(28)19(13-17)31-5)22-24(29)21-16(4)11-15(3)12-20(21)33-25(22)26(27)30/h7-8,11-14,23,28H,6,9-10H2,1-5H3. The first-order chi connectivity index (χ1) is 15.7. The highest BCUT2D eigenvalue weighted by molar-refractivity contribution is 5.99. The zero-order valence-electron chi connectivity index (χ0n) is 19.6. The fourth-order valence-corrected chi connectivity index (χ4v) is 4.51. The van der Waals surface area contributed by atoms with E-state index >= 15 is 0 Å². The Morgan fingerprint density at radius 1 is 1.15 bits per heavy atom. The lowest BCUT2D eigenvalue weighted by atomic mass is 9.96. The van der Waals surface area contributed by atoms with E-state index < -0.39 is 6.04 Å². The molecule has 0 saturated carbocycles. The van der Waals surface area contributed by atoms with Crippen molar-refractivity contribution in [1.82, 2.24) is 4.90 Å². The molecule has 1 aromatic heterocycles. The van der Waals surface area contributed by atoms with Gasteiger partial charge < -0.3 is 23.9 Å². The quantitative estimate of drug-likeness (QED) is 0.533. The fourth-order valence-electron chi connectivity index (χ4n) is 4.51. The molecule has 1 aliphatic rings. The number of phenols is 1. The third-order valence-electron chi connectivity index (χ3n) is 5.93. The number of amides is 1. The van der Waals surface area contributed by atoms with Crippen molar-refractivity contribution in [2.75, 3.05) is 20.3 Å². The van der Waals surface area contributed by atoms with E-state index in [9.17, 15) is 14.7 Å². The summed E-state index contributed by atoms with van der Waals surface area (Å²) in [5.74, 6) is -0.00270. The van der Waals surface area contributed by atoms with Crippen LogP contribution in [0.25, 0.3) is 11.0 Å². The van der Waals surface area contributed by atoms with E-state index in [0.717, 1.165) is 11.1 Å². The highest BCUT2D eigenvalue weighted by atomic mass is 16.5. The number of fused-ring (bicyclic) bond motifs is 2. The molecule has 0 spiro atoms. The Balaban J connectivity index is 1.88. The summed E-state index contributed by atoms with van der Waals surface area (Å²) in [5, 5.41) is 10.6. The van der Waals surface area contributed by atoms with Gasteiger partial charge in [0.2, 0.25) is 5.76 Å². The predicted octanol–water partition coefficient (Wildman–Crippen LogP) is 4.48. The van der Waals surface area contributed by atoms with Crippen molar-refractivity contribution in [2.45, 2.75) is 46.3 Å². The number of hydrogen-bond donors (Lipinski definition) is 1. The van der Waals surface area contributed by atoms with Gasteiger partial charge >= 0.3 is 0 Å². The number of carbonyl (C=O) groups excluding carboxylic acids is 1. The third-order valence-corrected chi connectivity index (χ3v) is 5.93. The van der Waals surface area contributed by atoms with Gasteiger partial charge in [-0.1, -0.05) is 12.1 Å². The van der Waals surface area contributed by atoms with Crippen molar-refractivity contribution in [2.24, 2.45) is 0 Å². The Morgan fingerprint density at radius 2 is 1.91 bits per heavy atom. The van der Waals surface area contributed by atoms with E-state index in [1.165, 1.54) is 13.2 Å². The van der Waals surface area contributed by atoms with Crippen LogP contribution in [0, 0.1) is 13.8 Å². The lowest BCUT2D eigenvalue weighted by Crippen LogP contribution is -2.31. The molecule has 1 atom stereocenters. The van der Waals surface area contributed by atoms with Crippen LogP contribution < -0.4 is 10.2 Å². The number of aryl methyl sites for hydroxylation is 2. The van der Waals surface area contributed by atoms with Gasteiger partial charge in [0.05, 0.1) is 30.2 Å². The molecule has 1 unspecified atom stereocenters. The van der Waals surface area contributed by atoms with Crippen LogP contribution in [0.3, 0.4) is 0 Å². The molecule has 2 aromatic carbocycles. The van der Waals surface area contributed by atoms with Crippen LogP contribution in [-0.2, 0) is 4.74 Å². The van der Waals surface area contributed by atoms with E-state index in [-0.39, 0.29) is 34.7 Å². The molecular weight excluding hydrogens is 422 g/mol. The van der Waals surface area contributed by atoms with Gasteiger partial charge in [0.25, 0.3) is 5.91 Å². The van der Waals surface area contributed by atoms with Crippen molar-refractivity contribution in [3.63, 3.8) is 0 Å². The molecular formula is C26H29NO6. The monoisotopic (exact) mass is 451 g/mol. The van der Waals surface area contributed by atoms with Crippen molar-refractivity contribution >= 4 is 16.9 Å². The molecule has 1 aliphatic heterocycles. The van der Waals surface area contributed by atoms with E-state index in [4.69, 9.17) is 13.9 Å². The van der Waals surface area contributed by atoms with Crippen LogP contribution in [0.15, 0.2) is 39.5 Å². The molecule has 0 fully saturated rings. The normalized spacial score (nSPS) is 15.5. The number of nitrogens with zero attached hydrogens (tertiary/aromatic N) is 1. The lowest BCUT2D eigenvalue weighted by Gasteiger charge is -2.25. The number of carbonyl (C=O) groups is 1. The van der Waals surface area contributed by atoms with Crippen LogP contribution in [0.2, 0.25) is 0 Å². The summed E-state index contributed by atoms with van der Waals surface area (Å²) in [6.45, 7) is 8.59. The Hall–Kier alpha value is -3.32. The van der Waals surface area contributed by atoms with Crippen molar-refractivity contribution < 1.29 is 23.8 Å². The third kappa shape index (κ3) is 4.09. The summed E-state index contributed by atoms with van der Waals surface area (Å²) in [7, 11) is 1.46. The summed E-state index contributed by atoms with van der Waals surface area (Å²) >= 11 is 0. The predicted molar refractivity (Wildman–Crippen MR) is 125 cm³/mol. The van der Waals surface area contributed by atoms with E-state index in [1.807, 2.05) is 33.8 Å². The summed E-state index contributed by atoms with van der Waals surface area (Å²) in [6.07, 6.45) is 0.698. The van der Waals surface area contributed by atoms with E-state index in [1.54, 1.807) is 23.1 Å². The highest BCUT2D eigenvalue weighted by Crippen LogP contribution is 2.41. The number of hydrogen-bond acceptors (Lipinski definition) is 6. The van der Waals surface area contributed by atoms with Crippen LogP contribution >= 0.6 is 0 Å². The van der Waals surface area contributed by atoms with Gasteiger partial charge in [0.1, 0.15) is 5.58 Å². The minimum Gasteiger partial charge on any atom is -0.504 e. The minimum atomic E-state index is -0.651. The van der Waals surface area contributed by atoms with Crippen molar-refractivity contribution in [3.8, 4) is 11.5 Å². The van der Waals surface area contributed by atoms with Gasteiger partial charge in [-0.05, 0) is 69.0 Å². The summed E-state index contributed by atoms with van der Waals surface area (Å²) in [6, 6.07) is 7.94. The summed E-state index contributed by atoms with van der Waals surface area (Å²) in [4.78, 5) is 28.8. The summed E-state index contributed by atoms with van der Waals surface area (Å²) < 4.78 is 17.0. The van der Waals surface area contributed by atoms with Crippen molar-refractivity contribution in [3.05, 3.63) is 68.6 Å². The number of aromatic hydroxyl groups is 1. The maximum absolute atomic E-state index is 13.7. The van der Waals surface area contributed by atoms with Crippen LogP contribution in [0.1, 0.15) is 59.1 Å². The molecule has 33 heavy (non-hydrogen) atoms. The molecule has 7 heteroatoms. The second-order valence-corrected chi connectivity index (χ2v) is 8.73. The number of rotatable bonds is 7. The van der Waals surface area contributed by atoms with Crippen LogP contribution in [0.5, 0.6) is 11.5 Å². The Labute approximate surface area is 192 Å². The zero-order valence-corrected chi connectivity index (χ0v) is 19.6. The van der Waals surface area contributed by atoms with Gasteiger partial charge in [-0.3, -0.25) is 9.59 Å². The largest absolute Gasteiger partial charge is 0.504 e. The highest BCUT2D eigenvalue weighted by Gasteiger charge is 2.42. The molecule has 4 rings (SSSR count). The Bertz CT molecular complexity index is 1280. The molecule has 7 nitrogen and oxygen atoms in total. The van der Waals surface area contributed by atoms with Crippen LogP contribution in [-0.4, -0.2) is 42.3 Å². The average molecular weight is 452 g/mol. The molecule has 1 amide bonds. The molecule has 1 N–H and O–H groups in total. The maximum atomic E-state index is 13.7. The summed E-state index contributed by atoms with van der Waals surface area (Å²) in [5.41, 5.74) is 2.94. The average Bonchev–Trinajstić information content (AvgIpc) is 3.03. The van der Waals surface area contributed by atoms with Gasteiger partial charge in [-0.15, -0.1) is 0 Å². The molecule has 2 heterocycles. The SMILES string of the molecule is COc1cc(C2c3c(oc4cc(C)cc(C)c4c3=O)C(=O)N2CCCOC(C)C)ccc1O. The number of methoxy groups -OCH3 is 1.